The van der Waals surface area contributed by atoms with Gasteiger partial charge in [0.15, 0.2) is 6.29 Å². The zero-order valence-electron chi connectivity index (χ0n) is 10.8. The van der Waals surface area contributed by atoms with Gasteiger partial charge in [0.05, 0.1) is 18.5 Å². The molecule has 0 aliphatic carbocycles. The summed E-state index contributed by atoms with van der Waals surface area (Å²) in [5.74, 6) is 0. The van der Waals surface area contributed by atoms with Crippen LogP contribution in [0.1, 0.15) is 20.3 Å². The maximum atomic E-state index is 9.15. The molecule has 3 aliphatic heterocycles. The Morgan fingerprint density at radius 1 is 1.33 bits per heavy atom. The van der Waals surface area contributed by atoms with Crippen molar-refractivity contribution in [1.29, 1.82) is 0 Å². The van der Waals surface area contributed by atoms with Crippen molar-refractivity contribution >= 4 is 31.0 Å². The van der Waals surface area contributed by atoms with Gasteiger partial charge in [-0.15, -0.1) is 23.5 Å². The summed E-state index contributed by atoms with van der Waals surface area (Å²) >= 11 is 3.78. The number of thioether (sulfide) groups is 2. The molecule has 0 radical (unpaired) electrons. The van der Waals surface area contributed by atoms with Gasteiger partial charge in [0, 0.05) is 15.9 Å². The van der Waals surface area contributed by atoms with Crippen LogP contribution in [0, 0.1) is 5.41 Å². The molecule has 0 amide bonds. The summed E-state index contributed by atoms with van der Waals surface area (Å²) in [6.07, 6.45) is 3.29. The fourth-order valence-corrected chi connectivity index (χ4v) is 5.88. The summed E-state index contributed by atoms with van der Waals surface area (Å²) in [7, 11) is 0.188. The second-order valence-corrected chi connectivity index (χ2v) is 8.76. The molecule has 0 bridgehead atoms. The first-order chi connectivity index (χ1) is 8.57. The van der Waals surface area contributed by atoms with Crippen LogP contribution in [0.25, 0.3) is 0 Å². The van der Waals surface area contributed by atoms with E-state index in [2.05, 4.69) is 19.9 Å². The van der Waals surface area contributed by atoms with Gasteiger partial charge in [0.25, 0.3) is 0 Å². The van der Waals surface area contributed by atoms with Crippen molar-refractivity contribution in [3.63, 3.8) is 0 Å². The van der Waals surface area contributed by atoms with E-state index in [1.165, 1.54) is 0 Å². The van der Waals surface area contributed by atoms with Crippen LogP contribution in [0.3, 0.4) is 0 Å². The molecule has 1 N–H and O–H groups in total. The van der Waals surface area contributed by atoms with Crippen LogP contribution in [0.5, 0.6) is 0 Å². The van der Waals surface area contributed by atoms with Gasteiger partial charge in [-0.25, -0.2) is 0 Å². The van der Waals surface area contributed by atoms with Gasteiger partial charge in [-0.05, 0) is 11.2 Å². The SMILES string of the molecule is CC1(C)COC(C2CC3SC(BO)=CC3S2)OC1. The van der Waals surface area contributed by atoms with Crippen LogP contribution in [0.2, 0.25) is 0 Å². The molecule has 0 saturated carbocycles. The topological polar surface area (TPSA) is 38.7 Å². The molecule has 2 fully saturated rings. The third kappa shape index (κ3) is 2.63. The van der Waals surface area contributed by atoms with Crippen LogP contribution < -0.4 is 0 Å². The highest BCUT2D eigenvalue weighted by atomic mass is 32.2. The van der Waals surface area contributed by atoms with E-state index < -0.39 is 0 Å². The molecular formula is C12H19BO3S2. The number of rotatable bonds is 2. The zero-order chi connectivity index (χ0) is 12.8. The Labute approximate surface area is 117 Å². The molecule has 0 aromatic rings. The Balaban J connectivity index is 1.56. The van der Waals surface area contributed by atoms with Crippen LogP contribution in [0.4, 0.5) is 0 Å². The fourth-order valence-electron chi connectivity index (χ4n) is 2.57. The molecule has 100 valence electrons. The Morgan fingerprint density at radius 3 is 2.67 bits per heavy atom. The first-order valence-corrected chi connectivity index (χ1v) is 8.26. The first kappa shape index (κ1) is 13.4. The van der Waals surface area contributed by atoms with Gasteiger partial charge < -0.3 is 14.5 Å². The number of hydrogen-bond donors (Lipinski definition) is 1. The largest absolute Gasteiger partial charge is 0.449 e. The van der Waals surface area contributed by atoms with Crippen molar-refractivity contribution in [1.82, 2.24) is 0 Å². The molecule has 3 heterocycles. The second kappa shape index (κ2) is 5.06. The minimum atomic E-state index is -0.0415. The average Bonchev–Trinajstić information content (AvgIpc) is 2.86. The molecule has 0 aromatic heterocycles. The third-order valence-electron chi connectivity index (χ3n) is 3.55. The minimum absolute atomic E-state index is 0.0415. The zero-order valence-corrected chi connectivity index (χ0v) is 12.4. The maximum Gasteiger partial charge on any atom is 0.311 e. The predicted molar refractivity (Wildman–Crippen MR) is 78.1 cm³/mol. The van der Waals surface area contributed by atoms with Gasteiger partial charge in [0.1, 0.15) is 0 Å². The van der Waals surface area contributed by atoms with Crippen LogP contribution in [-0.4, -0.2) is 47.8 Å². The van der Waals surface area contributed by atoms with E-state index in [1.807, 2.05) is 23.5 Å². The minimum Gasteiger partial charge on any atom is -0.449 e. The first-order valence-electron chi connectivity index (χ1n) is 6.44. The standard InChI is InChI=1S/C12H19BO3S2/c1-12(2)5-15-11(16-6-12)9-3-7-8(17-9)4-10(13-14)18-7/h4,7-9,11,13-14H,3,5-6H2,1-2H3. The van der Waals surface area contributed by atoms with Crippen molar-refractivity contribution in [2.45, 2.75) is 42.3 Å². The van der Waals surface area contributed by atoms with Crippen LogP contribution in [0.15, 0.2) is 10.9 Å². The van der Waals surface area contributed by atoms with E-state index in [0.29, 0.717) is 15.7 Å². The highest BCUT2D eigenvalue weighted by molar-refractivity contribution is 8.08. The molecule has 0 spiro atoms. The van der Waals surface area contributed by atoms with E-state index in [-0.39, 0.29) is 19.2 Å². The summed E-state index contributed by atoms with van der Waals surface area (Å²) in [5.41, 5.74) is 0.147. The Hall–Kier alpha value is 0.385. The normalized spacial score (nSPS) is 39.5. The van der Waals surface area contributed by atoms with Crippen molar-refractivity contribution in [2.75, 3.05) is 13.2 Å². The van der Waals surface area contributed by atoms with Crippen LogP contribution in [-0.2, 0) is 9.47 Å². The molecule has 18 heavy (non-hydrogen) atoms. The Bertz CT molecular complexity index is 351. The highest BCUT2D eigenvalue weighted by Crippen LogP contribution is 2.50. The summed E-state index contributed by atoms with van der Waals surface area (Å²) in [6, 6.07) is 0. The summed E-state index contributed by atoms with van der Waals surface area (Å²) < 4.78 is 11.7. The van der Waals surface area contributed by atoms with E-state index in [4.69, 9.17) is 14.5 Å². The number of ether oxygens (including phenoxy) is 2. The van der Waals surface area contributed by atoms with Gasteiger partial charge >= 0.3 is 7.48 Å². The molecule has 3 unspecified atom stereocenters. The van der Waals surface area contributed by atoms with Crippen molar-refractivity contribution in [2.24, 2.45) is 5.41 Å². The van der Waals surface area contributed by atoms with E-state index in [9.17, 15) is 0 Å². The molecule has 0 aromatic carbocycles. The van der Waals surface area contributed by atoms with Gasteiger partial charge in [-0.2, -0.15) is 0 Å². The van der Waals surface area contributed by atoms with E-state index in [1.54, 1.807) is 0 Å². The van der Waals surface area contributed by atoms with E-state index in [0.717, 1.165) is 24.4 Å². The summed E-state index contributed by atoms with van der Waals surface area (Å²) in [4.78, 5) is 1.13. The third-order valence-corrected chi connectivity index (χ3v) is 6.62. The van der Waals surface area contributed by atoms with Gasteiger partial charge in [-0.3, -0.25) is 0 Å². The lowest BCUT2D eigenvalue weighted by atomic mass is 9.95. The molecule has 3 rings (SSSR count). The summed E-state index contributed by atoms with van der Waals surface area (Å²) in [5, 5.41) is 10.7. The van der Waals surface area contributed by atoms with Crippen molar-refractivity contribution in [3.8, 4) is 0 Å². The number of fused-ring (bicyclic) bond motifs is 1. The predicted octanol–water partition coefficient (Wildman–Crippen LogP) is 1.56. The molecule has 2 saturated heterocycles. The Kier molecular flexibility index (Phi) is 3.76. The lowest BCUT2D eigenvalue weighted by Gasteiger charge is -2.36. The van der Waals surface area contributed by atoms with Gasteiger partial charge in [0.2, 0.25) is 0 Å². The lowest BCUT2D eigenvalue weighted by Crippen LogP contribution is -2.42. The Morgan fingerprint density at radius 2 is 2.06 bits per heavy atom. The molecule has 3 aliphatic rings. The maximum absolute atomic E-state index is 9.15. The van der Waals surface area contributed by atoms with Crippen molar-refractivity contribution < 1.29 is 14.5 Å². The smallest absolute Gasteiger partial charge is 0.311 e. The van der Waals surface area contributed by atoms with Crippen LogP contribution >= 0.6 is 23.5 Å². The quantitative estimate of drug-likeness (QED) is 0.780. The molecule has 3 atom stereocenters. The van der Waals surface area contributed by atoms with Crippen molar-refractivity contribution in [3.05, 3.63) is 10.9 Å². The number of hydrogen-bond acceptors (Lipinski definition) is 5. The van der Waals surface area contributed by atoms with E-state index >= 15 is 0 Å². The summed E-state index contributed by atoms with van der Waals surface area (Å²) in [6.45, 7) is 5.92. The monoisotopic (exact) mass is 286 g/mol. The average molecular weight is 286 g/mol. The molecular weight excluding hydrogens is 267 g/mol. The lowest BCUT2D eigenvalue weighted by molar-refractivity contribution is -0.220. The molecule has 3 nitrogen and oxygen atoms in total. The fraction of sp³-hybridized carbons (Fsp3) is 0.833. The van der Waals surface area contributed by atoms with Gasteiger partial charge in [-0.1, -0.05) is 19.9 Å². The highest BCUT2D eigenvalue weighted by Gasteiger charge is 2.44. The second-order valence-electron chi connectivity index (χ2n) is 5.98. The molecule has 6 heteroatoms.